The quantitative estimate of drug-likeness (QED) is 0.409. The Morgan fingerprint density at radius 3 is 2.40 bits per heavy atom. The van der Waals surface area contributed by atoms with Gasteiger partial charge in [0, 0.05) is 25.2 Å². The summed E-state index contributed by atoms with van der Waals surface area (Å²) in [4.78, 5) is 49.8. The molecule has 2 heterocycles. The molecular formula is C17H22O8. The van der Waals surface area contributed by atoms with Crippen LogP contribution in [0.1, 0.15) is 39.5 Å². The summed E-state index contributed by atoms with van der Waals surface area (Å²) in [6.07, 6.45) is -0.406. The van der Waals surface area contributed by atoms with E-state index in [-0.39, 0.29) is 44.9 Å². The van der Waals surface area contributed by atoms with E-state index in [1.54, 1.807) is 13.8 Å². The van der Waals surface area contributed by atoms with Crippen molar-refractivity contribution < 1.29 is 38.1 Å². The monoisotopic (exact) mass is 354 g/mol. The maximum atomic E-state index is 12.9. The third-order valence-corrected chi connectivity index (χ3v) is 5.31. The topological polar surface area (TPSA) is 105 Å². The second-order valence-corrected chi connectivity index (χ2v) is 6.67. The average molecular weight is 354 g/mol. The molecule has 0 N–H and O–H groups in total. The number of ketones is 1. The van der Waals surface area contributed by atoms with Crippen LogP contribution in [0, 0.1) is 11.3 Å². The first-order valence-corrected chi connectivity index (χ1v) is 8.61. The molecule has 0 amide bonds. The number of Topliss-reactive ketones (excluding diaryl/α,β-unsaturated/α-hetero) is 1. The zero-order valence-corrected chi connectivity index (χ0v) is 14.4. The number of hydrogen-bond donors (Lipinski definition) is 0. The predicted octanol–water partition coefficient (Wildman–Crippen LogP) is 0.553. The van der Waals surface area contributed by atoms with Gasteiger partial charge in [-0.25, -0.2) is 0 Å². The van der Waals surface area contributed by atoms with E-state index in [4.69, 9.17) is 18.9 Å². The SMILES string of the molecule is CCOC(=O)C1(C(=O)OCC)CC(=O)[C@@]2(C1)OCC[C@H]1OC(=O)C[C@H]12. The van der Waals surface area contributed by atoms with Crippen molar-refractivity contribution in [3.8, 4) is 0 Å². The molecule has 1 aliphatic carbocycles. The van der Waals surface area contributed by atoms with Gasteiger partial charge in [0.1, 0.15) is 11.7 Å². The highest BCUT2D eigenvalue weighted by molar-refractivity contribution is 6.09. The summed E-state index contributed by atoms with van der Waals surface area (Å²) in [5.74, 6) is -2.82. The van der Waals surface area contributed by atoms with E-state index in [1.165, 1.54) is 0 Å². The van der Waals surface area contributed by atoms with Gasteiger partial charge in [0.05, 0.1) is 26.2 Å². The normalized spacial score (nSPS) is 33.0. The standard InChI is InChI=1S/C17H22O8/c1-3-22-14(20)16(15(21)23-4-2)8-12(18)17(9-16)10-7-13(19)25-11(10)5-6-24-17/h10-11H,3-9H2,1-2H3/t10-,11-,17+/m1/s1. The Labute approximate surface area is 145 Å². The Balaban J connectivity index is 1.98. The predicted molar refractivity (Wildman–Crippen MR) is 81.2 cm³/mol. The molecular weight excluding hydrogens is 332 g/mol. The summed E-state index contributed by atoms with van der Waals surface area (Å²) in [5.41, 5.74) is -3.11. The van der Waals surface area contributed by atoms with E-state index in [0.717, 1.165) is 0 Å². The first-order valence-electron chi connectivity index (χ1n) is 8.61. The Morgan fingerprint density at radius 1 is 1.16 bits per heavy atom. The van der Waals surface area contributed by atoms with Gasteiger partial charge >= 0.3 is 17.9 Å². The maximum absolute atomic E-state index is 12.9. The van der Waals surface area contributed by atoms with E-state index < -0.39 is 40.9 Å². The number of carbonyl (C=O) groups is 4. The van der Waals surface area contributed by atoms with Crippen LogP contribution >= 0.6 is 0 Å². The highest BCUT2D eigenvalue weighted by atomic mass is 16.6. The van der Waals surface area contributed by atoms with Crippen molar-refractivity contribution in [2.75, 3.05) is 19.8 Å². The van der Waals surface area contributed by atoms with Gasteiger partial charge < -0.3 is 18.9 Å². The van der Waals surface area contributed by atoms with Gasteiger partial charge in [-0.3, -0.25) is 19.2 Å². The zero-order chi connectivity index (χ0) is 18.2. The van der Waals surface area contributed by atoms with E-state index in [0.29, 0.717) is 6.42 Å². The molecule has 3 aliphatic rings. The lowest BCUT2D eigenvalue weighted by Gasteiger charge is -2.40. The lowest BCUT2D eigenvalue weighted by molar-refractivity contribution is -0.181. The highest BCUT2D eigenvalue weighted by Gasteiger charge is 2.69. The molecule has 25 heavy (non-hydrogen) atoms. The summed E-state index contributed by atoms with van der Waals surface area (Å²) in [6, 6.07) is 0. The Morgan fingerprint density at radius 2 is 1.80 bits per heavy atom. The van der Waals surface area contributed by atoms with Gasteiger partial charge in [-0.2, -0.15) is 0 Å². The molecule has 8 heteroatoms. The lowest BCUT2D eigenvalue weighted by atomic mass is 9.75. The van der Waals surface area contributed by atoms with Crippen molar-refractivity contribution in [2.45, 2.75) is 51.2 Å². The van der Waals surface area contributed by atoms with E-state index in [2.05, 4.69) is 0 Å². The molecule has 2 saturated heterocycles. The fourth-order valence-electron chi connectivity index (χ4n) is 4.21. The van der Waals surface area contributed by atoms with Crippen molar-refractivity contribution in [1.29, 1.82) is 0 Å². The maximum Gasteiger partial charge on any atom is 0.324 e. The summed E-state index contributed by atoms with van der Waals surface area (Å²) >= 11 is 0. The first kappa shape index (κ1) is 17.8. The Kier molecular flexibility index (Phi) is 4.57. The van der Waals surface area contributed by atoms with Gasteiger partial charge in [0.15, 0.2) is 11.2 Å². The molecule has 0 aromatic carbocycles. The van der Waals surface area contributed by atoms with Gasteiger partial charge in [-0.05, 0) is 13.8 Å². The highest BCUT2D eigenvalue weighted by Crippen LogP contribution is 2.54. The summed E-state index contributed by atoms with van der Waals surface area (Å²) in [5, 5.41) is 0. The lowest BCUT2D eigenvalue weighted by Crippen LogP contribution is -2.53. The minimum absolute atomic E-state index is 0.0398. The Bertz CT molecular complexity index is 594. The first-order chi connectivity index (χ1) is 11.9. The number of rotatable bonds is 4. The second-order valence-electron chi connectivity index (χ2n) is 6.67. The van der Waals surface area contributed by atoms with E-state index >= 15 is 0 Å². The van der Waals surface area contributed by atoms with Crippen LogP contribution < -0.4 is 0 Å². The van der Waals surface area contributed by atoms with Gasteiger partial charge in [0.2, 0.25) is 0 Å². The number of fused-ring (bicyclic) bond motifs is 2. The van der Waals surface area contributed by atoms with Crippen molar-refractivity contribution in [1.82, 2.24) is 0 Å². The molecule has 1 spiro atoms. The van der Waals surface area contributed by atoms with Crippen LogP contribution in [-0.2, 0) is 38.1 Å². The Hall–Kier alpha value is -1.96. The summed E-state index contributed by atoms with van der Waals surface area (Å²) in [6.45, 7) is 3.63. The van der Waals surface area contributed by atoms with Gasteiger partial charge in [-0.1, -0.05) is 0 Å². The minimum Gasteiger partial charge on any atom is -0.465 e. The molecule has 0 radical (unpaired) electrons. The second kappa shape index (κ2) is 6.40. The van der Waals surface area contributed by atoms with E-state index in [9.17, 15) is 19.2 Å². The molecule has 8 nitrogen and oxygen atoms in total. The van der Waals surface area contributed by atoms with Crippen LogP contribution in [0.3, 0.4) is 0 Å². The fraction of sp³-hybridized carbons (Fsp3) is 0.765. The number of hydrogen-bond acceptors (Lipinski definition) is 8. The van der Waals surface area contributed by atoms with Crippen LogP contribution in [0.15, 0.2) is 0 Å². The van der Waals surface area contributed by atoms with Gasteiger partial charge in [0.25, 0.3) is 0 Å². The molecule has 0 unspecified atom stereocenters. The smallest absolute Gasteiger partial charge is 0.324 e. The number of carbonyl (C=O) groups excluding carboxylic acids is 4. The van der Waals surface area contributed by atoms with E-state index in [1.807, 2.05) is 0 Å². The molecule has 0 aromatic heterocycles. The summed E-state index contributed by atoms with van der Waals surface area (Å²) in [7, 11) is 0. The fourth-order valence-corrected chi connectivity index (χ4v) is 4.21. The van der Waals surface area contributed by atoms with Crippen LogP contribution in [0.2, 0.25) is 0 Å². The van der Waals surface area contributed by atoms with Crippen molar-refractivity contribution in [3.63, 3.8) is 0 Å². The molecule has 0 bridgehead atoms. The van der Waals surface area contributed by atoms with Crippen molar-refractivity contribution >= 4 is 23.7 Å². The average Bonchev–Trinajstić information content (AvgIpc) is 3.08. The van der Waals surface area contributed by atoms with Crippen LogP contribution in [0.25, 0.3) is 0 Å². The molecule has 3 atom stereocenters. The molecule has 1 saturated carbocycles. The molecule has 2 aliphatic heterocycles. The van der Waals surface area contributed by atoms with Crippen LogP contribution in [0.5, 0.6) is 0 Å². The summed E-state index contributed by atoms with van der Waals surface area (Å²) < 4.78 is 21.2. The molecule has 0 aromatic rings. The molecule has 3 rings (SSSR count). The van der Waals surface area contributed by atoms with Crippen molar-refractivity contribution in [2.24, 2.45) is 11.3 Å². The zero-order valence-electron chi connectivity index (χ0n) is 14.4. The van der Waals surface area contributed by atoms with Crippen LogP contribution in [-0.4, -0.2) is 55.2 Å². The number of esters is 3. The third kappa shape index (κ3) is 2.63. The minimum atomic E-state index is -1.73. The van der Waals surface area contributed by atoms with Crippen LogP contribution in [0.4, 0.5) is 0 Å². The molecule has 138 valence electrons. The molecule has 3 fully saturated rings. The third-order valence-electron chi connectivity index (χ3n) is 5.31. The van der Waals surface area contributed by atoms with Crippen molar-refractivity contribution in [3.05, 3.63) is 0 Å². The largest absolute Gasteiger partial charge is 0.465 e. The number of ether oxygens (including phenoxy) is 4. The van der Waals surface area contributed by atoms with Gasteiger partial charge in [-0.15, -0.1) is 0 Å².